The standard InChI is InChI=1S/C15H19F3N2/c1-2-14(19)11-3-5-13(6-4-11)20-9-7-12(8-10-20)15(16,17)18/h3-7,14H,2,8-10,19H2,1H3. The van der Waals surface area contributed by atoms with Crippen molar-refractivity contribution in [3.05, 3.63) is 41.5 Å². The number of rotatable bonds is 3. The van der Waals surface area contributed by atoms with Gasteiger partial charge in [0, 0.05) is 30.4 Å². The molecule has 1 heterocycles. The summed E-state index contributed by atoms with van der Waals surface area (Å²) in [5, 5.41) is 0. The number of nitrogens with two attached hydrogens (primary N) is 1. The molecule has 1 aliphatic heterocycles. The molecule has 0 saturated carbocycles. The van der Waals surface area contributed by atoms with Gasteiger partial charge < -0.3 is 10.6 Å². The topological polar surface area (TPSA) is 29.3 Å². The van der Waals surface area contributed by atoms with Crippen LogP contribution in [0.25, 0.3) is 0 Å². The van der Waals surface area contributed by atoms with Gasteiger partial charge in [-0.15, -0.1) is 0 Å². The minimum Gasteiger partial charge on any atom is -0.367 e. The van der Waals surface area contributed by atoms with E-state index in [0.717, 1.165) is 17.7 Å². The van der Waals surface area contributed by atoms with E-state index in [2.05, 4.69) is 0 Å². The molecule has 0 bridgehead atoms. The van der Waals surface area contributed by atoms with Crippen LogP contribution in [0.15, 0.2) is 35.9 Å². The summed E-state index contributed by atoms with van der Waals surface area (Å²) in [5.74, 6) is 0. The Bertz CT molecular complexity index is 477. The van der Waals surface area contributed by atoms with Crippen LogP contribution >= 0.6 is 0 Å². The second-order valence-electron chi connectivity index (χ2n) is 5.03. The Kier molecular flexibility index (Phi) is 4.38. The average Bonchev–Trinajstić information content (AvgIpc) is 2.46. The molecule has 0 aromatic heterocycles. The Balaban J connectivity index is 2.06. The Morgan fingerprint density at radius 1 is 1.25 bits per heavy atom. The Morgan fingerprint density at radius 2 is 1.90 bits per heavy atom. The lowest BCUT2D eigenvalue weighted by molar-refractivity contribution is -0.0943. The summed E-state index contributed by atoms with van der Waals surface area (Å²) in [6.07, 6.45) is -2.01. The predicted molar refractivity (Wildman–Crippen MR) is 74.6 cm³/mol. The van der Waals surface area contributed by atoms with Crippen molar-refractivity contribution >= 4 is 5.69 Å². The fourth-order valence-electron chi connectivity index (χ4n) is 2.33. The maximum Gasteiger partial charge on any atom is 0.412 e. The Hall–Kier alpha value is -1.49. The lowest BCUT2D eigenvalue weighted by Gasteiger charge is -2.29. The molecular formula is C15H19F3N2. The van der Waals surface area contributed by atoms with Crippen LogP contribution in [0.1, 0.15) is 31.4 Å². The molecule has 5 heteroatoms. The molecule has 2 N–H and O–H groups in total. The minimum atomic E-state index is -4.19. The van der Waals surface area contributed by atoms with Crippen molar-refractivity contribution in [2.75, 3.05) is 18.0 Å². The summed E-state index contributed by atoms with van der Waals surface area (Å²) in [6.45, 7) is 2.71. The summed E-state index contributed by atoms with van der Waals surface area (Å²) in [5.41, 5.74) is 7.52. The molecule has 110 valence electrons. The third-order valence-electron chi connectivity index (χ3n) is 3.70. The summed E-state index contributed by atoms with van der Waals surface area (Å²) in [6, 6.07) is 7.77. The fraction of sp³-hybridized carbons (Fsp3) is 0.467. The van der Waals surface area contributed by atoms with Gasteiger partial charge in [-0.1, -0.05) is 25.1 Å². The van der Waals surface area contributed by atoms with Gasteiger partial charge in [-0.05, 0) is 30.5 Å². The number of hydrogen-bond donors (Lipinski definition) is 1. The van der Waals surface area contributed by atoms with Crippen molar-refractivity contribution < 1.29 is 13.2 Å². The van der Waals surface area contributed by atoms with Crippen LogP contribution in [-0.2, 0) is 0 Å². The molecule has 0 fully saturated rings. The minimum absolute atomic E-state index is 0.0159. The van der Waals surface area contributed by atoms with E-state index in [-0.39, 0.29) is 12.5 Å². The SMILES string of the molecule is CCC(N)c1ccc(N2CC=C(C(F)(F)F)CC2)cc1. The lowest BCUT2D eigenvalue weighted by atomic mass is 10.0. The van der Waals surface area contributed by atoms with E-state index in [1.165, 1.54) is 6.08 Å². The normalized spacial score (nSPS) is 17.9. The maximum absolute atomic E-state index is 12.6. The summed E-state index contributed by atoms with van der Waals surface area (Å²) < 4.78 is 37.7. The molecule has 0 aliphatic carbocycles. The second kappa shape index (κ2) is 5.87. The zero-order valence-electron chi connectivity index (χ0n) is 11.5. The van der Waals surface area contributed by atoms with Gasteiger partial charge in [0.05, 0.1) is 0 Å². The number of halogens is 3. The van der Waals surface area contributed by atoms with E-state index >= 15 is 0 Å². The number of alkyl halides is 3. The second-order valence-corrected chi connectivity index (χ2v) is 5.03. The molecule has 20 heavy (non-hydrogen) atoms. The number of anilines is 1. The monoisotopic (exact) mass is 284 g/mol. The Morgan fingerprint density at radius 3 is 2.35 bits per heavy atom. The summed E-state index contributed by atoms with van der Waals surface area (Å²) in [7, 11) is 0. The molecule has 0 radical (unpaired) electrons. The molecule has 1 aromatic carbocycles. The van der Waals surface area contributed by atoms with Crippen molar-refractivity contribution in [1.29, 1.82) is 0 Å². The van der Waals surface area contributed by atoms with Crippen LogP contribution < -0.4 is 10.6 Å². The first-order valence-electron chi connectivity index (χ1n) is 6.78. The van der Waals surface area contributed by atoms with Crippen LogP contribution in [0, 0.1) is 0 Å². The summed E-state index contributed by atoms with van der Waals surface area (Å²) >= 11 is 0. The zero-order valence-corrected chi connectivity index (χ0v) is 11.5. The predicted octanol–water partition coefficient (Wildman–Crippen LogP) is 3.80. The zero-order chi connectivity index (χ0) is 14.8. The van der Waals surface area contributed by atoms with Crippen molar-refractivity contribution in [3.63, 3.8) is 0 Å². The molecule has 1 unspecified atom stereocenters. The van der Waals surface area contributed by atoms with E-state index in [1.807, 2.05) is 36.1 Å². The van der Waals surface area contributed by atoms with Crippen LogP contribution in [0.3, 0.4) is 0 Å². The van der Waals surface area contributed by atoms with E-state index < -0.39 is 11.7 Å². The van der Waals surface area contributed by atoms with E-state index in [0.29, 0.717) is 13.1 Å². The first-order chi connectivity index (χ1) is 9.41. The molecule has 0 amide bonds. The van der Waals surface area contributed by atoms with Gasteiger partial charge in [-0.2, -0.15) is 13.2 Å². The highest BCUT2D eigenvalue weighted by Gasteiger charge is 2.34. The highest BCUT2D eigenvalue weighted by atomic mass is 19.4. The van der Waals surface area contributed by atoms with Crippen LogP contribution in [0.5, 0.6) is 0 Å². The van der Waals surface area contributed by atoms with Gasteiger partial charge in [0.1, 0.15) is 0 Å². The molecule has 1 aliphatic rings. The van der Waals surface area contributed by atoms with Crippen LogP contribution in [-0.4, -0.2) is 19.3 Å². The van der Waals surface area contributed by atoms with Gasteiger partial charge in [0.2, 0.25) is 0 Å². The van der Waals surface area contributed by atoms with Crippen molar-refractivity contribution in [3.8, 4) is 0 Å². The quantitative estimate of drug-likeness (QED) is 0.856. The molecule has 1 aromatic rings. The van der Waals surface area contributed by atoms with Crippen molar-refractivity contribution in [2.45, 2.75) is 32.0 Å². The third-order valence-corrected chi connectivity index (χ3v) is 3.70. The third kappa shape index (κ3) is 3.33. The smallest absolute Gasteiger partial charge is 0.367 e. The first kappa shape index (κ1) is 14.9. The molecular weight excluding hydrogens is 265 g/mol. The van der Waals surface area contributed by atoms with Crippen LogP contribution in [0.4, 0.5) is 18.9 Å². The highest BCUT2D eigenvalue weighted by Crippen LogP contribution is 2.31. The van der Waals surface area contributed by atoms with Crippen molar-refractivity contribution in [1.82, 2.24) is 0 Å². The van der Waals surface area contributed by atoms with Crippen molar-refractivity contribution in [2.24, 2.45) is 5.73 Å². The lowest BCUT2D eigenvalue weighted by Crippen LogP contribution is -2.31. The number of nitrogens with zero attached hydrogens (tertiary/aromatic N) is 1. The van der Waals surface area contributed by atoms with Gasteiger partial charge >= 0.3 is 6.18 Å². The summed E-state index contributed by atoms with van der Waals surface area (Å²) in [4.78, 5) is 1.94. The van der Waals surface area contributed by atoms with E-state index in [4.69, 9.17) is 5.73 Å². The Labute approximate surface area is 117 Å². The average molecular weight is 284 g/mol. The number of hydrogen-bond acceptors (Lipinski definition) is 2. The van der Waals surface area contributed by atoms with Crippen LogP contribution in [0.2, 0.25) is 0 Å². The van der Waals surface area contributed by atoms with Gasteiger partial charge in [0.15, 0.2) is 0 Å². The van der Waals surface area contributed by atoms with E-state index in [9.17, 15) is 13.2 Å². The maximum atomic E-state index is 12.6. The van der Waals surface area contributed by atoms with Gasteiger partial charge in [-0.25, -0.2) is 0 Å². The largest absolute Gasteiger partial charge is 0.412 e. The molecule has 2 nitrogen and oxygen atoms in total. The fourth-order valence-corrected chi connectivity index (χ4v) is 2.33. The first-order valence-corrected chi connectivity index (χ1v) is 6.78. The molecule has 0 spiro atoms. The van der Waals surface area contributed by atoms with E-state index in [1.54, 1.807) is 0 Å². The molecule has 0 saturated heterocycles. The van der Waals surface area contributed by atoms with Gasteiger partial charge in [-0.3, -0.25) is 0 Å². The molecule has 1 atom stereocenters. The number of benzene rings is 1. The highest BCUT2D eigenvalue weighted by molar-refractivity contribution is 5.50. The van der Waals surface area contributed by atoms with Gasteiger partial charge in [0.25, 0.3) is 0 Å². The molecule has 2 rings (SSSR count).